The number of rotatable bonds is 4. The predicted molar refractivity (Wildman–Crippen MR) is 68.5 cm³/mol. The lowest BCUT2D eigenvalue weighted by atomic mass is 9.98. The second-order valence-electron chi connectivity index (χ2n) is 4.13. The molecule has 1 atom stereocenters. The Morgan fingerprint density at radius 1 is 1.10 bits per heavy atom. The molecule has 0 radical (unpaired) electrons. The monoisotopic (exact) mass is 282 g/mol. The molecule has 2 rings (SSSR count). The number of benzene rings is 2. The lowest BCUT2D eigenvalue weighted by Crippen LogP contribution is -2.30. The van der Waals surface area contributed by atoms with Crippen molar-refractivity contribution in [1.82, 2.24) is 5.43 Å². The minimum absolute atomic E-state index is 0.000406. The lowest BCUT2D eigenvalue weighted by Gasteiger charge is -2.19. The van der Waals surface area contributed by atoms with Crippen LogP contribution in [0.3, 0.4) is 0 Å². The number of nitrogens with one attached hydrogen (secondary N) is 1. The van der Waals surface area contributed by atoms with Crippen molar-refractivity contribution in [1.29, 1.82) is 0 Å². The van der Waals surface area contributed by atoms with E-state index in [1.54, 1.807) is 6.07 Å². The third kappa shape index (κ3) is 2.61. The van der Waals surface area contributed by atoms with Crippen molar-refractivity contribution in [2.24, 2.45) is 5.84 Å². The Morgan fingerprint density at radius 3 is 2.50 bits per heavy atom. The van der Waals surface area contributed by atoms with E-state index in [-0.39, 0.29) is 16.9 Å². The van der Waals surface area contributed by atoms with Crippen LogP contribution >= 0.6 is 0 Å². The van der Waals surface area contributed by atoms with Gasteiger partial charge in [0, 0.05) is 11.1 Å². The number of methoxy groups -OCH3 is 1. The molecule has 0 saturated heterocycles. The standard InChI is InChI=1S/C14H13F3N2O/c1-20-12-4-2-3-9(13(12)17)14(19-18)10-7-8(15)5-6-11(10)16/h2-7,14,19H,18H2,1H3. The fourth-order valence-electron chi connectivity index (χ4n) is 1.99. The van der Waals surface area contributed by atoms with Crippen molar-refractivity contribution in [3.05, 3.63) is 65.0 Å². The van der Waals surface area contributed by atoms with Crippen LogP contribution in [0.1, 0.15) is 17.2 Å². The first kappa shape index (κ1) is 14.4. The average Bonchev–Trinajstić information content (AvgIpc) is 2.45. The lowest BCUT2D eigenvalue weighted by molar-refractivity contribution is 0.381. The molecule has 3 N–H and O–H groups in total. The number of hydrogen-bond acceptors (Lipinski definition) is 3. The summed E-state index contributed by atoms with van der Waals surface area (Å²) in [6.07, 6.45) is 0. The SMILES string of the molecule is COc1cccc(C(NN)c2cc(F)ccc2F)c1F. The minimum atomic E-state index is -1.03. The van der Waals surface area contributed by atoms with Gasteiger partial charge in [0.15, 0.2) is 11.6 Å². The zero-order valence-electron chi connectivity index (χ0n) is 10.7. The van der Waals surface area contributed by atoms with Crippen LogP contribution in [-0.4, -0.2) is 7.11 Å². The summed E-state index contributed by atoms with van der Waals surface area (Å²) < 4.78 is 46.1. The first-order chi connectivity index (χ1) is 9.58. The average molecular weight is 282 g/mol. The topological polar surface area (TPSA) is 47.3 Å². The molecule has 0 fully saturated rings. The summed E-state index contributed by atoms with van der Waals surface area (Å²) in [5.74, 6) is 3.37. The molecule has 0 heterocycles. The Bertz CT molecular complexity index is 619. The molecular weight excluding hydrogens is 269 g/mol. The maximum Gasteiger partial charge on any atom is 0.170 e. The van der Waals surface area contributed by atoms with E-state index in [9.17, 15) is 13.2 Å². The van der Waals surface area contributed by atoms with Crippen molar-refractivity contribution in [3.8, 4) is 5.75 Å². The van der Waals surface area contributed by atoms with Crippen LogP contribution in [0.4, 0.5) is 13.2 Å². The summed E-state index contributed by atoms with van der Waals surface area (Å²) in [7, 11) is 1.32. The van der Waals surface area contributed by atoms with Crippen LogP contribution in [0, 0.1) is 17.5 Å². The van der Waals surface area contributed by atoms with E-state index in [0.29, 0.717) is 0 Å². The van der Waals surface area contributed by atoms with Gasteiger partial charge in [-0.1, -0.05) is 12.1 Å². The molecule has 3 nitrogen and oxygen atoms in total. The van der Waals surface area contributed by atoms with Gasteiger partial charge in [-0.3, -0.25) is 5.84 Å². The van der Waals surface area contributed by atoms with Gasteiger partial charge in [0.05, 0.1) is 13.2 Å². The van der Waals surface area contributed by atoms with Crippen LogP contribution in [0.15, 0.2) is 36.4 Å². The first-order valence-electron chi connectivity index (χ1n) is 5.82. The molecule has 106 valence electrons. The van der Waals surface area contributed by atoms with Crippen molar-refractivity contribution < 1.29 is 17.9 Å². The summed E-state index contributed by atoms with van der Waals surface area (Å²) in [5.41, 5.74) is 2.28. The highest BCUT2D eigenvalue weighted by atomic mass is 19.1. The summed E-state index contributed by atoms with van der Waals surface area (Å²) in [6.45, 7) is 0. The zero-order chi connectivity index (χ0) is 14.7. The van der Waals surface area contributed by atoms with Gasteiger partial charge in [-0.2, -0.15) is 0 Å². The normalized spacial score (nSPS) is 12.2. The number of ether oxygens (including phenoxy) is 1. The van der Waals surface area contributed by atoms with Crippen molar-refractivity contribution >= 4 is 0 Å². The number of halogens is 3. The van der Waals surface area contributed by atoms with E-state index in [0.717, 1.165) is 18.2 Å². The minimum Gasteiger partial charge on any atom is -0.494 e. The van der Waals surface area contributed by atoms with Gasteiger partial charge in [-0.25, -0.2) is 18.6 Å². The van der Waals surface area contributed by atoms with E-state index in [4.69, 9.17) is 10.6 Å². The molecule has 2 aromatic rings. The smallest absolute Gasteiger partial charge is 0.170 e. The second-order valence-corrected chi connectivity index (χ2v) is 4.13. The van der Waals surface area contributed by atoms with Crippen molar-refractivity contribution in [2.45, 2.75) is 6.04 Å². The van der Waals surface area contributed by atoms with Crippen LogP contribution in [0.2, 0.25) is 0 Å². The molecular formula is C14H13F3N2O. The molecule has 0 aliphatic rings. The quantitative estimate of drug-likeness (QED) is 0.669. The van der Waals surface area contributed by atoms with Crippen molar-refractivity contribution in [3.63, 3.8) is 0 Å². The third-order valence-electron chi connectivity index (χ3n) is 2.96. The largest absolute Gasteiger partial charge is 0.494 e. The van der Waals surface area contributed by atoms with E-state index in [1.165, 1.54) is 19.2 Å². The van der Waals surface area contributed by atoms with Gasteiger partial charge in [0.1, 0.15) is 11.6 Å². The molecule has 6 heteroatoms. The summed E-state index contributed by atoms with van der Waals surface area (Å²) in [6, 6.07) is 6.28. The van der Waals surface area contributed by atoms with E-state index in [1.807, 2.05) is 0 Å². The molecule has 0 aromatic heterocycles. The van der Waals surface area contributed by atoms with Crippen molar-refractivity contribution in [2.75, 3.05) is 7.11 Å². The van der Waals surface area contributed by atoms with Crippen LogP contribution in [-0.2, 0) is 0 Å². The second kappa shape index (κ2) is 5.94. The fourth-order valence-corrected chi connectivity index (χ4v) is 1.99. The van der Waals surface area contributed by atoms with Gasteiger partial charge < -0.3 is 4.74 Å². The van der Waals surface area contributed by atoms with E-state index < -0.39 is 23.5 Å². The van der Waals surface area contributed by atoms with Gasteiger partial charge in [0.25, 0.3) is 0 Å². The molecule has 0 aliphatic carbocycles. The molecule has 0 spiro atoms. The summed E-state index contributed by atoms with van der Waals surface area (Å²) >= 11 is 0. The summed E-state index contributed by atoms with van der Waals surface area (Å²) in [4.78, 5) is 0. The van der Waals surface area contributed by atoms with E-state index >= 15 is 0 Å². The Morgan fingerprint density at radius 2 is 1.85 bits per heavy atom. The molecule has 0 amide bonds. The van der Waals surface area contributed by atoms with Gasteiger partial charge in [0.2, 0.25) is 0 Å². The van der Waals surface area contributed by atoms with Crippen LogP contribution < -0.4 is 16.0 Å². The predicted octanol–water partition coefficient (Wildman–Crippen LogP) is 2.67. The molecule has 0 saturated carbocycles. The van der Waals surface area contributed by atoms with E-state index in [2.05, 4.69) is 5.43 Å². The number of nitrogens with two attached hydrogens (primary N) is 1. The Labute approximate surface area is 114 Å². The highest BCUT2D eigenvalue weighted by molar-refractivity contribution is 5.39. The van der Waals surface area contributed by atoms with Crippen LogP contribution in [0.5, 0.6) is 5.75 Å². The van der Waals surface area contributed by atoms with Crippen LogP contribution in [0.25, 0.3) is 0 Å². The first-order valence-corrected chi connectivity index (χ1v) is 5.82. The maximum atomic E-state index is 14.2. The summed E-state index contributed by atoms with van der Waals surface area (Å²) in [5, 5.41) is 0. The van der Waals surface area contributed by atoms with Gasteiger partial charge >= 0.3 is 0 Å². The molecule has 1 unspecified atom stereocenters. The van der Waals surface area contributed by atoms with Gasteiger partial charge in [-0.05, 0) is 24.3 Å². The highest BCUT2D eigenvalue weighted by Crippen LogP contribution is 2.30. The zero-order valence-corrected chi connectivity index (χ0v) is 10.7. The third-order valence-corrected chi connectivity index (χ3v) is 2.96. The molecule has 0 bridgehead atoms. The number of hydrogen-bond donors (Lipinski definition) is 2. The number of hydrazine groups is 1. The Balaban J connectivity index is 2.55. The fraction of sp³-hybridized carbons (Fsp3) is 0.143. The molecule has 20 heavy (non-hydrogen) atoms. The molecule has 2 aromatic carbocycles. The molecule has 0 aliphatic heterocycles. The Kier molecular flexibility index (Phi) is 4.26. The highest BCUT2D eigenvalue weighted by Gasteiger charge is 2.22. The maximum absolute atomic E-state index is 14.2. The van der Waals surface area contributed by atoms with Gasteiger partial charge in [-0.15, -0.1) is 0 Å². The Hall–Kier alpha value is -2.05.